The Bertz CT molecular complexity index is 91.2. The van der Waals surface area contributed by atoms with Crippen LogP contribution in [0.3, 0.4) is 0 Å². The van der Waals surface area contributed by atoms with Crippen molar-refractivity contribution in [1.29, 1.82) is 0 Å². The summed E-state index contributed by atoms with van der Waals surface area (Å²) < 4.78 is 0. The average molecular weight is 129 g/mol. The summed E-state index contributed by atoms with van der Waals surface area (Å²) in [5, 5.41) is 0. The maximum Gasteiger partial charge on any atom is 0.373 e. The minimum Gasteiger partial charge on any atom is -0.328 e. The van der Waals surface area contributed by atoms with Crippen LogP contribution in [0.15, 0.2) is 0 Å². The largest absolute Gasteiger partial charge is 0.373 e. The highest BCUT2D eigenvalue weighted by atomic mass is 16.2. The molecule has 0 heterocycles. The van der Waals surface area contributed by atoms with Crippen LogP contribution in [0.5, 0.6) is 0 Å². The molecular formula is C6H11NO2. The van der Waals surface area contributed by atoms with E-state index in [2.05, 4.69) is 0 Å². The molecule has 0 aromatic rings. The number of hydrogen-bond donors (Lipinski definition) is 1. The molecule has 0 amide bonds. The lowest BCUT2D eigenvalue weighted by atomic mass is 10.3. The highest BCUT2D eigenvalue weighted by molar-refractivity contribution is 5.20. The van der Waals surface area contributed by atoms with Crippen molar-refractivity contribution in [3.05, 3.63) is 0 Å². The molecule has 1 aliphatic rings. The lowest BCUT2D eigenvalue weighted by molar-refractivity contribution is -0.191. The van der Waals surface area contributed by atoms with E-state index >= 15 is 0 Å². The molecule has 0 radical (unpaired) electrons. The van der Waals surface area contributed by atoms with E-state index in [-0.39, 0.29) is 6.15 Å². The van der Waals surface area contributed by atoms with E-state index in [1.165, 1.54) is 25.7 Å². The Morgan fingerprint density at radius 3 is 1.67 bits per heavy atom. The van der Waals surface area contributed by atoms with Crippen molar-refractivity contribution >= 4 is 6.15 Å². The van der Waals surface area contributed by atoms with Gasteiger partial charge >= 0.3 is 6.15 Å². The van der Waals surface area contributed by atoms with Gasteiger partial charge in [-0.3, -0.25) is 0 Å². The van der Waals surface area contributed by atoms with Crippen molar-refractivity contribution in [2.45, 2.75) is 31.7 Å². The van der Waals surface area contributed by atoms with E-state index in [9.17, 15) is 0 Å². The second-order valence-electron chi connectivity index (χ2n) is 2.13. The van der Waals surface area contributed by atoms with Crippen molar-refractivity contribution in [2.75, 3.05) is 0 Å². The predicted octanol–water partition coefficient (Wildman–Crippen LogP) is 0.304. The van der Waals surface area contributed by atoms with Gasteiger partial charge in [-0.15, -0.1) is 0 Å². The lowest BCUT2D eigenvalue weighted by Crippen LogP contribution is -2.13. The summed E-state index contributed by atoms with van der Waals surface area (Å²) in [4.78, 5) is 16.2. The van der Waals surface area contributed by atoms with Gasteiger partial charge in [0.25, 0.3) is 0 Å². The third-order valence-corrected chi connectivity index (χ3v) is 1.40. The Kier molecular flexibility index (Phi) is 5.07. The van der Waals surface area contributed by atoms with Gasteiger partial charge in [-0.25, -0.2) is 0 Å². The summed E-state index contributed by atoms with van der Waals surface area (Å²) in [6.07, 6.45) is 5.50. The number of carbonyl (C=O) groups excluding carboxylic acids is 2. The van der Waals surface area contributed by atoms with Crippen LogP contribution >= 0.6 is 0 Å². The molecule has 0 aliphatic heterocycles. The molecule has 0 aromatic carbocycles. The fourth-order valence-electron chi connectivity index (χ4n) is 0.957. The fourth-order valence-corrected chi connectivity index (χ4v) is 0.957. The summed E-state index contributed by atoms with van der Waals surface area (Å²) in [5.74, 6) is 0. The van der Waals surface area contributed by atoms with E-state index in [1.54, 1.807) is 0 Å². The van der Waals surface area contributed by atoms with Crippen LogP contribution in [0.25, 0.3) is 0 Å². The number of hydrogen-bond acceptors (Lipinski definition) is 3. The molecule has 0 spiro atoms. The van der Waals surface area contributed by atoms with Crippen LogP contribution in [0.2, 0.25) is 0 Å². The van der Waals surface area contributed by atoms with Crippen LogP contribution < -0.4 is 5.73 Å². The van der Waals surface area contributed by atoms with Gasteiger partial charge in [-0.05, 0) is 12.8 Å². The average Bonchev–Trinajstić information content (AvgIpc) is 2.20. The highest BCUT2D eigenvalue weighted by Gasteiger charge is 2.07. The van der Waals surface area contributed by atoms with E-state index in [0.717, 1.165) is 0 Å². The molecule has 1 saturated carbocycles. The van der Waals surface area contributed by atoms with Crippen molar-refractivity contribution in [2.24, 2.45) is 5.73 Å². The molecule has 3 heteroatoms. The van der Waals surface area contributed by atoms with Gasteiger partial charge in [0.1, 0.15) is 0 Å². The summed E-state index contributed by atoms with van der Waals surface area (Å²) in [7, 11) is 0. The van der Waals surface area contributed by atoms with Gasteiger partial charge in [0.05, 0.1) is 0 Å². The van der Waals surface area contributed by atoms with Crippen LogP contribution in [-0.2, 0) is 9.59 Å². The third-order valence-electron chi connectivity index (χ3n) is 1.40. The maximum absolute atomic E-state index is 8.12. The van der Waals surface area contributed by atoms with E-state index in [4.69, 9.17) is 15.3 Å². The Morgan fingerprint density at radius 1 is 1.22 bits per heavy atom. The molecule has 0 unspecified atom stereocenters. The monoisotopic (exact) mass is 129 g/mol. The van der Waals surface area contributed by atoms with Gasteiger partial charge in [0.2, 0.25) is 0 Å². The summed E-state index contributed by atoms with van der Waals surface area (Å²) >= 11 is 0. The molecular weight excluding hydrogens is 118 g/mol. The van der Waals surface area contributed by atoms with Crippen molar-refractivity contribution in [3.8, 4) is 0 Å². The van der Waals surface area contributed by atoms with Crippen LogP contribution in [0.4, 0.5) is 0 Å². The van der Waals surface area contributed by atoms with Crippen molar-refractivity contribution < 1.29 is 9.59 Å². The number of nitrogens with two attached hydrogens (primary N) is 1. The molecule has 52 valence electrons. The predicted molar refractivity (Wildman–Crippen MR) is 31.5 cm³/mol. The third kappa shape index (κ3) is 5.21. The summed E-state index contributed by atoms with van der Waals surface area (Å²) in [6, 6.07) is 0.546. The van der Waals surface area contributed by atoms with Gasteiger partial charge in [0, 0.05) is 6.04 Å². The molecule has 9 heavy (non-hydrogen) atoms. The highest BCUT2D eigenvalue weighted by Crippen LogP contribution is 2.14. The fraction of sp³-hybridized carbons (Fsp3) is 0.833. The Balaban J connectivity index is 0.000000187. The van der Waals surface area contributed by atoms with Gasteiger partial charge in [-0.2, -0.15) is 9.59 Å². The SMILES string of the molecule is NC1CCCC1.O=C=O. The van der Waals surface area contributed by atoms with Crippen molar-refractivity contribution in [3.63, 3.8) is 0 Å². The Morgan fingerprint density at radius 2 is 1.56 bits per heavy atom. The maximum atomic E-state index is 8.12. The van der Waals surface area contributed by atoms with Gasteiger partial charge in [-0.1, -0.05) is 12.8 Å². The van der Waals surface area contributed by atoms with Crippen LogP contribution in [0, 0.1) is 0 Å². The standard InChI is InChI=1S/C5H11N.CO2/c6-5-3-1-2-4-5;2-1-3/h5H,1-4,6H2;. The Labute approximate surface area is 54.2 Å². The summed E-state index contributed by atoms with van der Waals surface area (Å²) in [5.41, 5.74) is 5.53. The van der Waals surface area contributed by atoms with Crippen LogP contribution in [-0.4, -0.2) is 12.2 Å². The quantitative estimate of drug-likeness (QED) is 0.512. The molecule has 1 aliphatic carbocycles. The normalized spacial score (nSPS) is 17.9. The zero-order valence-corrected chi connectivity index (χ0v) is 5.30. The first kappa shape index (κ1) is 8.34. The molecule has 1 fully saturated rings. The van der Waals surface area contributed by atoms with E-state index < -0.39 is 0 Å². The second-order valence-corrected chi connectivity index (χ2v) is 2.13. The van der Waals surface area contributed by atoms with E-state index in [1.807, 2.05) is 0 Å². The first-order valence-electron chi connectivity index (χ1n) is 3.06. The van der Waals surface area contributed by atoms with Crippen LogP contribution in [0.1, 0.15) is 25.7 Å². The molecule has 1 rings (SSSR count). The molecule has 0 saturated heterocycles. The minimum atomic E-state index is 0.250. The molecule has 0 aromatic heterocycles. The van der Waals surface area contributed by atoms with Gasteiger partial charge in [0.15, 0.2) is 0 Å². The smallest absolute Gasteiger partial charge is 0.328 e. The molecule has 3 nitrogen and oxygen atoms in total. The van der Waals surface area contributed by atoms with Crippen molar-refractivity contribution in [1.82, 2.24) is 0 Å². The lowest BCUT2D eigenvalue weighted by Gasteiger charge is -1.92. The first-order valence-corrected chi connectivity index (χ1v) is 3.06. The topological polar surface area (TPSA) is 60.2 Å². The number of rotatable bonds is 0. The van der Waals surface area contributed by atoms with Gasteiger partial charge < -0.3 is 5.73 Å². The zero-order chi connectivity index (χ0) is 7.11. The summed E-state index contributed by atoms with van der Waals surface area (Å²) in [6.45, 7) is 0. The molecule has 0 atom stereocenters. The zero-order valence-electron chi connectivity index (χ0n) is 5.30. The minimum absolute atomic E-state index is 0.250. The second kappa shape index (κ2) is 5.48. The van der Waals surface area contributed by atoms with E-state index in [0.29, 0.717) is 6.04 Å². The molecule has 0 bridgehead atoms. The molecule has 2 N–H and O–H groups in total. The first-order chi connectivity index (χ1) is 4.31. The Hall–Kier alpha value is -0.660.